The Bertz CT molecular complexity index is 741. The SMILES string of the molecule is COc1ccc(CN(C)[C@@H](C)C(=O)NC2CCCC2)c2cccnc12. The van der Waals surface area contributed by atoms with Crippen molar-refractivity contribution in [3.05, 3.63) is 36.0 Å². The molecule has 0 bridgehead atoms. The summed E-state index contributed by atoms with van der Waals surface area (Å²) in [5.41, 5.74) is 2.01. The maximum absolute atomic E-state index is 12.5. The maximum Gasteiger partial charge on any atom is 0.237 e. The van der Waals surface area contributed by atoms with Crippen molar-refractivity contribution in [3.8, 4) is 5.75 Å². The number of carbonyl (C=O) groups excluding carboxylic acids is 1. The number of hydrogen-bond donors (Lipinski definition) is 1. The van der Waals surface area contributed by atoms with Gasteiger partial charge in [-0.2, -0.15) is 0 Å². The molecule has 134 valence electrons. The molecule has 0 unspecified atom stereocenters. The molecule has 3 rings (SSSR count). The molecule has 0 saturated heterocycles. The Kier molecular flexibility index (Phi) is 5.53. The third-order valence-electron chi connectivity index (χ3n) is 5.20. The van der Waals surface area contributed by atoms with Gasteiger partial charge in [-0.25, -0.2) is 0 Å². The summed E-state index contributed by atoms with van der Waals surface area (Å²) in [6, 6.07) is 8.17. The summed E-state index contributed by atoms with van der Waals surface area (Å²) in [6.45, 7) is 2.65. The highest BCUT2D eigenvalue weighted by atomic mass is 16.5. The van der Waals surface area contributed by atoms with Crippen molar-refractivity contribution in [3.63, 3.8) is 0 Å². The first-order valence-corrected chi connectivity index (χ1v) is 9.01. The minimum absolute atomic E-state index is 0.116. The average molecular weight is 341 g/mol. The van der Waals surface area contributed by atoms with Crippen LogP contribution in [0, 0.1) is 0 Å². The van der Waals surface area contributed by atoms with Crippen LogP contribution >= 0.6 is 0 Å². The number of methoxy groups -OCH3 is 1. The average Bonchev–Trinajstić information content (AvgIpc) is 3.14. The number of aromatic nitrogens is 1. The van der Waals surface area contributed by atoms with Gasteiger partial charge in [0.25, 0.3) is 0 Å². The van der Waals surface area contributed by atoms with Gasteiger partial charge in [-0.15, -0.1) is 0 Å². The summed E-state index contributed by atoms with van der Waals surface area (Å²) in [6.07, 6.45) is 6.43. The highest BCUT2D eigenvalue weighted by Gasteiger charge is 2.23. The molecular weight excluding hydrogens is 314 g/mol. The van der Waals surface area contributed by atoms with E-state index in [4.69, 9.17) is 4.74 Å². The van der Waals surface area contributed by atoms with Crippen molar-refractivity contribution in [2.24, 2.45) is 0 Å². The number of hydrogen-bond acceptors (Lipinski definition) is 4. The van der Waals surface area contributed by atoms with Gasteiger partial charge in [-0.1, -0.05) is 25.0 Å². The maximum atomic E-state index is 12.5. The first-order chi connectivity index (χ1) is 12.1. The number of nitrogens with zero attached hydrogens (tertiary/aromatic N) is 2. The fourth-order valence-electron chi connectivity index (χ4n) is 3.51. The zero-order valence-electron chi connectivity index (χ0n) is 15.3. The molecule has 1 fully saturated rings. The lowest BCUT2D eigenvalue weighted by Crippen LogP contribution is -2.46. The Labute approximate surface area is 149 Å². The largest absolute Gasteiger partial charge is 0.494 e. The van der Waals surface area contributed by atoms with Crippen LogP contribution in [0.4, 0.5) is 0 Å². The van der Waals surface area contributed by atoms with E-state index in [2.05, 4.69) is 27.3 Å². The molecule has 0 spiro atoms. The summed E-state index contributed by atoms with van der Waals surface area (Å²) in [7, 11) is 3.65. The molecule has 0 aliphatic heterocycles. The Balaban J connectivity index is 1.73. The second kappa shape index (κ2) is 7.83. The number of carbonyl (C=O) groups is 1. The van der Waals surface area contributed by atoms with Crippen molar-refractivity contribution in [1.82, 2.24) is 15.2 Å². The third-order valence-corrected chi connectivity index (χ3v) is 5.20. The standard InChI is InChI=1S/C20H27N3O2/c1-14(20(24)22-16-7-4-5-8-16)23(2)13-15-10-11-18(25-3)19-17(15)9-6-12-21-19/h6,9-12,14,16H,4-5,7-8,13H2,1-3H3,(H,22,24)/t14-/m0/s1. The molecule has 1 aliphatic carbocycles. The van der Waals surface area contributed by atoms with Gasteiger partial charge in [0.15, 0.2) is 0 Å². The van der Waals surface area contributed by atoms with Gasteiger partial charge in [0.2, 0.25) is 5.91 Å². The first kappa shape index (κ1) is 17.7. The zero-order chi connectivity index (χ0) is 17.8. The molecule has 25 heavy (non-hydrogen) atoms. The van der Waals surface area contributed by atoms with Crippen molar-refractivity contribution in [1.29, 1.82) is 0 Å². The fourth-order valence-corrected chi connectivity index (χ4v) is 3.51. The van der Waals surface area contributed by atoms with Crippen LogP contribution in [0.15, 0.2) is 30.5 Å². The van der Waals surface area contributed by atoms with Crippen LogP contribution in [0.25, 0.3) is 10.9 Å². The molecule has 1 saturated carbocycles. The van der Waals surface area contributed by atoms with Gasteiger partial charge in [0, 0.05) is 24.2 Å². The summed E-state index contributed by atoms with van der Waals surface area (Å²) < 4.78 is 5.41. The molecule has 1 N–H and O–H groups in total. The highest BCUT2D eigenvalue weighted by Crippen LogP contribution is 2.27. The van der Waals surface area contributed by atoms with E-state index in [0.717, 1.165) is 35.1 Å². The Morgan fingerprint density at radius 1 is 1.36 bits per heavy atom. The van der Waals surface area contributed by atoms with Gasteiger partial charge < -0.3 is 10.1 Å². The van der Waals surface area contributed by atoms with Gasteiger partial charge in [0.05, 0.1) is 13.2 Å². The molecule has 1 amide bonds. The number of fused-ring (bicyclic) bond motifs is 1. The molecule has 1 aromatic carbocycles. The molecule has 5 heteroatoms. The lowest BCUT2D eigenvalue weighted by Gasteiger charge is -2.26. The molecule has 1 atom stereocenters. The fraction of sp³-hybridized carbons (Fsp3) is 0.500. The van der Waals surface area contributed by atoms with E-state index in [1.165, 1.54) is 12.8 Å². The number of benzene rings is 1. The highest BCUT2D eigenvalue weighted by molar-refractivity contribution is 5.87. The quantitative estimate of drug-likeness (QED) is 0.877. The number of rotatable bonds is 6. The normalized spacial score (nSPS) is 16.3. The van der Waals surface area contributed by atoms with Crippen molar-refractivity contribution >= 4 is 16.8 Å². The van der Waals surface area contributed by atoms with Crippen LogP contribution in [0.3, 0.4) is 0 Å². The van der Waals surface area contributed by atoms with Crippen molar-refractivity contribution in [2.75, 3.05) is 14.2 Å². The van der Waals surface area contributed by atoms with E-state index < -0.39 is 0 Å². The van der Waals surface area contributed by atoms with Crippen LogP contribution in [0.1, 0.15) is 38.2 Å². The van der Waals surface area contributed by atoms with E-state index in [1.54, 1.807) is 13.3 Å². The van der Waals surface area contributed by atoms with Crippen LogP contribution in [-0.2, 0) is 11.3 Å². The van der Waals surface area contributed by atoms with Crippen LogP contribution in [0.5, 0.6) is 5.75 Å². The van der Waals surface area contributed by atoms with E-state index in [-0.39, 0.29) is 11.9 Å². The predicted octanol–water partition coefficient (Wildman–Crippen LogP) is 3.12. The van der Waals surface area contributed by atoms with Gasteiger partial charge in [0.1, 0.15) is 11.3 Å². The van der Waals surface area contributed by atoms with Crippen LogP contribution < -0.4 is 10.1 Å². The molecule has 2 aromatic rings. The zero-order valence-corrected chi connectivity index (χ0v) is 15.3. The monoisotopic (exact) mass is 341 g/mol. The number of pyridine rings is 1. The Hall–Kier alpha value is -2.14. The summed E-state index contributed by atoms with van der Waals surface area (Å²) in [5.74, 6) is 0.888. The van der Waals surface area contributed by atoms with E-state index in [1.807, 2.05) is 26.1 Å². The number of amides is 1. The number of likely N-dealkylation sites (N-methyl/N-ethyl adjacent to an activating group) is 1. The minimum atomic E-state index is -0.172. The Morgan fingerprint density at radius 2 is 2.12 bits per heavy atom. The van der Waals surface area contributed by atoms with Crippen LogP contribution in [-0.4, -0.2) is 42.0 Å². The van der Waals surface area contributed by atoms with Crippen LogP contribution in [0.2, 0.25) is 0 Å². The van der Waals surface area contributed by atoms with Gasteiger partial charge in [-0.05, 0) is 44.5 Å². The molecular formula is C20H27N3O2. The summed E-state index contributed by atoms with van der Waals surface area (Å²) >= 11 is 0. The van der Waals surface area contributed by atoms with E-state index in [0.29, 0.717) is 12.6 Å². The molecule has 0 radical (unpaired) electrons. The van der Waals surface area contributed by atoms with Gasteiger partial charge >= 0.3 is 0 Å². The minimum Gasteiger partial charge on any atom is -0.494 e. The lowest BCUT2D eigenvalue weighted by molar-refractivity contribution is -0.126. The summed E-state index contributed by atoms with van der Waals surface area (Å²) in [5, 5.41) is 4.25. The molecule has 1 aliphatic rings. The topological polar surface area (TPSA) is 54.5 Å². The second-order valence-electron chi connectivity index (χ2n) is 6.91. The Morgan fingerprint density at radius 3 is 2.84 bits per heavy atom. The number of ether oxygens (including phenoxy) is 1. The van der Waals surface area contributed by atoms with E-state index in [9.17, 15) is 4.79 Å². The first-order valence-electron chi connectivity index (χ1n) is 9.01. The molecule has 1 aromatic heterocycles. The molecule has 5 nitrogen and oxygen atoms in total. The van der Waals surface area contributed by atoms with Crippen molar-refractivity contribution in [2.45, 2.75) is 51.2 Å². The van der Waals surface area contributed by atoms with Crippen molar-refractivity contribution < 1.29 is 9.53 Å². The number of nitrogens with one attached hydrogen (secondary N) is 1. The van der Waals surface area contributed by atoms with Gasteiger partial charge in [-0.3, -0.25) is 14.7 Å². The third kappa shape index (κ3) is 3.93. The second-order valence-corrected chi connectivity index (χ2v) is 6.91. The summed E-state index contributed by atoms with van der Waals surface area (Å²) in [4.78, 5) is 19.0. The molecule has 1 heterocycles. The predicted molar refractivity (Wildman–Crippen MR) is 99.6 cm³/mol. The lowest BCUT2D eigenvalue weighted by atomic mass is 10.1. The smallest absolute Gasteiger partial charge is 0.237 e. The van der Waals surface area contributed by atoms with E-state index >= 15 is 0 Å².